The molecule has 0 aromatic rings. The van der Waals surface area contributed by atoms with Crippen LogP contribution in [0.2, 0.25) is 0 Å². The Morgan fingerprint density at radius 3 is 2.30 bits per heavy atom. The lowest BCUT2D eigenvalue weighted by atomic mass is 9.78. The first-order valence-corrected chi connectivity index (χ1v) is 8.26. The molecule has 0 spiro atoms. The molecule has 0 aromatic carbocycles. The van der Waals surface area contributed by atoms with Crippen molar-refractivity contribution in [2.45, 2.75) is 76.4 Å². The Morgan fingerprint density at radius 1 is 1.15 bits per heavy atom. The van der Waals surface area contributed by atoms with Gasteiger partial charge in [-0.2, -0.15) is 0 Å². The summed E-state index contributed by atoms with van der Waals surface area (Å²) in [7, 11) is 1.86. The van der Waals surface area contributed by atoms with Gasteiger partial charge in [-0.05, 0) is 25.7 Å². The number of amides is 1. The van der Waals surface area contributed by atoms with Gasteiger partial charge in [-0.25, -0.2) is 0 Å². The Kier molecular flexibility index (Phi) is 5.44. The van der Waals surface area contributed by atoms with Crippen LogP contribution < -0.4 is 5.73 Å². The molecule has 20 heavy (non-hydrogen) atoms. The number of carbonyl (C=O) groups excluding carboxylic acids is 1. The molecule has 1 amide bonds. The summed E-state index contributed by atoms with van der Waals surface area (Å²) >= 11 is 0. The molecule has 0 aliphatic heterocycles. The number of likely N-dealkylation sites (N-methyl/N-ethyl adjacent to an activating group) is 1. The van der Waals surface area contributed by atoms with Gasteiger partial charge in [0.25, 0.3) is 0 Å². The number of nitrogens with zero attached hydrogens (tertiary/aromatic N) is 1. The average molecular weight is 282 g/mol. The maximum Gasteiger partial charge on any atom is 0.230 e. The van der Waals surface area contributed by atoms with E-state index in [0.717, 1.165) is 51.4 Å². The number of hydrogen-bond donors (Lipinski definition) is 2. The molecule has 2 aliphatic rings. The third kappa shape index (κ3) is 3.17. The highest BCUT2D eigenvalue weighted by Crippen LogP contribution is 2.37. The second-order valence-electron chi connectivity index (χ2n) is 6.73. The van der Waals surface area contributed by atoms with Crippen LogP contribution >= 0.6 is 0 Å². The third-order valence-corrected chi connectivity index (χ3v) is 5.42. The SMILES string of the molecule is CN(C(=O)C1(CN)CCCCCC1)C1CCCCC1O. The van der Waals surface area contributed by atoms with Crippen LogP contribution in [0.25, 0.3) is 0 Å². The molecule has 0 heterocycles. The summed E-state index contributed by atoms with van der Waals surface area (Å²) in [5.41, 5.74) is 5.63. The summed E-state index contributed by atoms with van der Waals surface area (Å²) in [5.74, 6) is 0.174. The highest BCUT2D eigenvalue weighted by molar-refractivity contribution is 5.83. The number of aliphatic hydroxyl groups is 1. The van der Waals surface area contributed by atoms with E-state index in [1.54, 1.807) is 0 Å². The molecule has 2 unspecified atom stereocenters. The van der Waals surface area contributed by atoms with Crippen LogP contribution in [0.4, 0.5) is 0 Å². The Labute approximate surface area is 122 Å². The Bertz CT molecular complexity index is 324. The predicted molar refractivity (Wildman–Crippen MR) is 80.2 cm³/mol. The first kappa shape index (κ1) is 15.8. The highest BCUT2D eigenvalue weighted by Gasteiger charge is 2.42. The van der Waals surface area contributed by atoms with Gasteiger partial charge in [0, 0.05) is 13.6 Å². The van der Waals surface area contributed by atoms with Gasteiger partial charge >= 0.3 is 0 Å². The summed E-state index contributed by atoms with van der Waals surface area (Å²) in [6.07, 6.45) is 10.0. The molecular formula is C16H30N2O2. The van der Waals surface area contributed by atoms with Crippen molar-refractivity contribution in [2.75, 3.05) is 13.6 Å². The maximum atomic E-state index is 13.0. The number of rotatable bonds is 3. The largest absolute Gasteiger partial charge is 0.391 e. The third-order valence-electron chi connectivity index (χ3n) is 5.42. The van der Waals surface area contributed by atoms with E-state index in [9.17, 15) is 9.90 Å². The minimum absolute atomic E-state index is 0.0112. The molecule has 4 nitrogen and oxygen atoms in total. The smallest absolute Gasteiger partial charge is 0.230 e. The summed E-state index contributed by atoms with van der Waals surface area (Å²) in [5, 5.41) is 10.2. The molecular weight excluding hydrogens is 252 g/mol. The minimum Gasteiger partial charge on any atom is -0.391 e. The zero-order chi connectivity index (χ0) is 14.6. The lowest BCUT2D eigenvalue weighted by Gasteiger charge is -2.41. The van der Waals surface area contributed by atoms with Crippen LogP contribution in [0, 0.1) is 5.41 Å². The van der Waals surface area contributed by atoms with E-state index >= 15 is 0 Å². The molecule has 0 radical (unpaired) electrons. The van der Waals surface area contributed by atoms with Gasteiger partial charge in [-0.3, -0.25) is 4.79 Å². The van der Waals surface area contributed by atoms with E-state index in [-0.39, 0.29) is 23.5 Å². The van der Waals surface area contributed by atoms with Gasteiger partial charge in [0.1, 0.15) is 0 Å². The fourth-order valence-electron chi connectivity index (χ4n) is 3.98. The fraction of sp³-hybridized carbons (Fsp3) is 0.938. The van der Waals surface area contributed by atoms with Gasteiger partial charge < -0.3 is 15.7 Å². The van der Waals surface area contributed by atoms with Gasteiger partial charge in [-0.1, -0.05) is 38.5 Å². The van der Waals surface area contributed by atoms with Crippen molar-refractivity contribution in [1.82, 2.24) is 4.90 Å². The van der Waals surface area contributed by atoms with Crippen molar-refractivity contribution in [3.05, 3.63) is 0 Å². The summed E-state index contributed by atoms with van der Waals surface area (Å²) < 4.78 is 0. The molecule has 3 N–H and O–H groups in total. The van der Waals surface area contributed by atoms with E-state index in [0.29, 0.717) is 6.54 Å². The van der Waals surface area contributed by atoms with Crippen LogP contribution in [-0.4, -0.2) is 41.7 Å². The van der Waals surface area contributed by atoms with Crippen molar-refractivity contribution in [1.29, 1.82) is 0 Å². The molecule has 116 valence electrons. The zero-order valence-electron chi connectivity index (χ0n) is 12.8. The predicted octanol–water partition coefficient (Wildman–Crippen LogP) is 2.05. The molecule has 4 heteroatoms. The van der Waals surface area contributed by atoms with Crippen LogP contribution in [-0.2, 0) is 4.79 Å². The minimum atomic E-state index is -0.373. The Morgan fingerprint density at radius 2 is 1.75 bits per heavy atom. The first-order valence-electron chi connectivity index (χ1n) is 8.26. The van der Waals surface area contributed by atoms with Crippen LogP contribution in [0.15, 0.2) is 0 Å². The average Bonchev–Trinajstić information content (AvgIpc) is 2.72. The molecule has 0 bridgehead atoms. The monoisotopic (exact) mass is 282 g/mol. The van der Waals surface area contributed by atoms with Crippen LogP contribution in [0.5, 0.6) is 0 Å². The van der Waals surface area contributed by atoms with Gasteiger partial charge in [0.15, 0.2) is 0 Å². The van der Waals surface area contributed by atoms with E-state index in [1.807, 2.05) is 11.9 Å². The van der Waals surface area contributed by atoms with Crippen molar-refractivity contribution in [2.24, 2.45) is 11.1 Å². The summed E-state index contributed by atoms with van der Waals surface area (Å²) in [4.78, 5) is 14.8. The van der Waals surface area contributed by atoms with E-state index in [4.69, 9.17) is 5.73 Å². The van der Waals surface area contributed by atoms with E-state index in [2.05, 4.69) is 0 Å². The molecule has 0 saturated heterocycles. The lowest BCUT2D eigenvalue weighted by Crippen LogP contribution is -2.53. The second kappa shape index (κ2) is 6.90. The number of aliphatic hydroxyl groups excluding tert-OH is 1. The maximum absolute atomic E-state index is 13.0. The van der Waals surface area contributed by atoms with Gasteiger partial charge in [0.05, 0.1) is 17.6 Å². The standard InChI is InChI=1S/C16H30N2O2/c1-18(13-8-4-5-9-14(13)19)15(20)16(12-17)10-6-2-3-7-11-16/h13-14,19H,2-12,17H2,1H3. The number of nitrogens with two attached hydrogens (primary N) is 1. The van der Waals surface area contributed by atoms with Crippen LogP contribution in [0.3, 0.4) is 0 Å². The summed E-state index contributed by atoms with van der Waals surface area (Å²) in [6.45, 7) is 0.443. The van der Waals surface area contributed by atoms with Crippen LogP contribution in [0.1, 0.15) is 64.2 Å². The fourth-order valence-corrected chi connectivity index (χ4v) is 3.98. The van der Waals surface area contributed by atoms with E-state index in [1.165, 1.54) is 12.8 Å². The van der Waals surface area contributed by atoms with Crippen molar-refractivity contribution in [3.8, 4) is 0 Å². The normalized spacial score (nSPS) is 30.6. The Hall–Kier alpha value is -0.610. The molecule has 2 aliphatic carbocycles. The van der Waals surface area contributed by atoms with Crippen molar-refractivity contribution in [3.63, 3.8) is 0 Å². The Balaban J connectivity index is 2.10. The van der Waals surface area contributed by atoms with E-state index < -0.39 is 0 Å². The highest BCUT2D eigenvalue weighted by atomic mass is 16.3. The molecule has 2 fully saturated rings. The summed E-state index contributed by atoms with van der Waals surface area (Å²) in [6, 6.07) is -0.0112. The molecule has 2 rings (SSSR count). The lowest BCUT2D eigenvalue weighted by molar-refractivity contribution is -0.146. The zero-order valence-corrected chi connectivity index (χ0v) is 12.8. The topological polar surface area (TPSA) is 66.6 Å². The quantitative estimate of drug-likeness (QED) is 0.779. The van der Waals surface area contributed by atoms with Crippen molar-refractivity contribution < 1.29 is 9.90 Å². The van der Waals surface area contributed by atoms with Gasteiger partial charge in [-0.15, -0.1) is 0 Å². The van der Waals surface area contributed by atoms with Gasteiger partial charge in [0.2, 0.25) is 5.91 Å². The number of hydrogen-bond acceptors (Lipinski definition) is 3. The molecule has 2 saturated carbocycles. The molecule has 0 aromatic heterocycles. The van der Waals surface area contributed by atoms with Crippen molar-refractivity contribution >= 4 is 5.91 Å². The number of carbonyl (C=O) groups is 1. The second-order valence-corrected chi connectivity index (χ2v) is 6.73. The first-order chi connectivity index (χ1) is 9.60. The molecule has 2 atom stereocenters.